The van der Waals surface area contributed by atoms with Gasteiger partial charge in [-0.05, 0) is 12.0 Å². The van der Waals surface area contributed by atoms with E-state index in [9.17, 15) is 0 Å². The average molecular weight is 177 g/mol. The molecule has 0 bridgehead atoms. The molecule has 0 aliphatic heterocycles. The summed E-state index contributed by atoms with van der Waals surface area (Å²) in [4.78, 5) is 0. The standard InChI is InChI=1S/C11H15NO/c1-3-10(11(12)13-2)9-7-5-4-6-8-9/h4-8,10,12H,3H2,1-2H3. The molecule has 0 radical (unpaired) electrons. The van der Waals surface area contributed by atoms with Gasteiger partial charge in [-0.15, -0.1) is 0 Å². The van der Waals surface area contributed by atoms with Crippen LogP contribution in [0.15, 0.2) is 30.3 Å². The molecule has 1 atom stereocenters. The van der Waals surface area contributed by atoms with Gasteiger partial charge in [0.15, 0.2) is 5.90 Å². The minimum Gasteiger partial charge on any atom is -0.484 e. The number of benzene rings is 1. The highest BCUT2D eigenvalue weighted by molar-refractivity contribution is 5.80. The van der Waals surface area contributed by atoms with Crippen LogP contribution in [0.5, 0.6) is 0 Å². The van der Waals surface area contributed by atoms with E-state index < -0.39 is 0 Å². The Kier molecular flexibility index (Phi) is 3.50. The van der Waals surface area contributed by atoms with Gasteiger partial charge in [-0.25, -0.2) is 0 Å². The van der Waals surface area contributed by atoms with Crippen LogP contribution in [-0.2, 0) is 4.74 Å². The summed E-state index contributed by atoms with van der Waals surface area (Å²) in [7, 11) is 1.55. The molecule has 0 fully saturated rings. The van der Waals surface area contributed by atoms with Crippen LogP contribution in [0.3, 0.4) is 0 Å². The van der Waals surface area contributed by atoms with Crippen LogP contribution in [0.25, 0.3) is 0 Å². The van der Waals surface area contributed by atoms with Gasteiger partial charge in [-0.2, -0.15) is 0 Å². The number of hydrogen-bond acceptors (Lipinski definition) is 2. The smallest absolute Gasteiger partial charge is 0.187 e. The lowest BCUT2D eigenvalue weighted by molar-refractivity contribution is 0.375. The van der Waals surface area contributed by atoms with Crippen LogP contribution < -0.4 is 0 Å². The zero-order chi connectivity index (χ0) is 9.68. The third-order valence-electron chi connectivity index (χ3n) is 2.15. The average Bonchev–Trinajstić information content (AvgIpc) is 2.20. The van der Waals surface area contributed by atoms with Crippen LogP contribution in [0.2, 0.25) is 0 Å². The van der Waals surface area contributed by atoms with Crippen molar-refractivity contribution in [2.75, 3.05) is 7.11 Å². The topological polar surface area (TPSA) is 33.1 Å². The second kappa shape index (κ2) is 4.65. The van der Waals surface area contributed by atoms with Crippen molar-refractivity contribution in [2.24, 2.45) is 0 Å². The Hall–Kier alpha value is -1.31. The Bertz CT molecular complexity index is 269. The van der Waals surface area contributed by atoms with E-state index >= 15 is 0 Å². The largest absolute Gasteiger partial charge is 0.484 e. The fourth-order valence-corrected chi connectivity index (χ4v) is 1.40. The van der Waals surface area contributed by atoms with Crippen molar-refractivity contribution >= 4 is 5.90 Å². The molecule has 0 heterocycles. The van der Waals surface area contributed by atoms with E-state index in [4.69, 9.17) is 10.1 Å². The summed E-state index contributed by atoms with van der Waals surface area (Å²) in [6.07, 6.45) is 0.899. The Morgan fingerprint density at radius 1 is 1.38 bits per heavy atom. The number of rotatable bonds is 3. The van der Waals surface area contributed by atoms with Crippen LogP contribution in [-0.4, -0.2) is 13.0 Å². The van der Waals surface area contributed by atoms with E-state index in [-0.39, 0.29) is 5.92 Å². The molecule has 1 aromatic rings. The molecule has 0 saturated carbocycles. The summed E-state index contributed by atoms with van der Waals surface area (Å²) in [5.74, 6) is 0.444. The van der Waals surface area contributed by atoms with Crippen molar-refractivity contribution in [1.29, 1.82) is 5.41 Å². The van der Waals surface area contributed by atoms with E-state index in [1.54, 1.807) is 7.11 Å². The van der Waals surface area contributed by atoms with Gasteiger partial charge >= 0.3 is 0 Å². The Balaban J connectivity index is 2.85. The minimum atomic E-state index is 0.103. The Morgan fingerprint density at radius 3 is 2.46 bits per heavy atom. The third kappa shape index (κ3) is 2.31. The monoisotopic (exact) mass is 177 g/mol. The van der Waals surface area contributed by atoms with Gasteiger partial charge in [0.05, 0.1) is 13.0 Å². The second-order valence-electron chi connectivity index (χ2n) is 2.94. The molecule has 1 N–H and O–H groups in total. The van der Waals surface area contributed by atoms with E-state index in [0.29, 0.717) is 5.90 Å². The number of hydrogen-bond donors (Lipinski definition) is 1. The maximum atomic E-state index is 7.61. The van der Waals surface area contributed by atoms with Crippen LogP contribution in [0.4, 0.5) is 0 Å². The van der Waals surface area contributed by atoms with Crippen LogP contribution in [0, 0.1) is 5.41 Å². The summed E-state index contributed by atoms with van der Waals surface area (Å²) >= 11 is 0. The quantitative estimate of drug-likeness (QED) is 0.559. The normalized spacial score (nSPS) is 12.2. The van der Waals surface area contributed by atoms with Crippen molar-refractivity contribution < 1.29 is 4.74 Å². The summed E-state index contributed by atoms with van der Waals surface area (Å²) in [6, 6.07) is 10.0. The molecule has 1 rings (SSSR count). The van der Waals surface area contributed by atoms with E-state index in [1.165, 1.54) is 0 Å². The van der Waals surface area contributed by atoms with E-state index in [0.717, 1.165) is 12.0 Å². The highest BCUT2D eigenvalue weighted by atomic mass is 16.5. The summed E-state index contributed by atoms with van der Waals surface area (Å²) in [6.45, 7) is 2.06. The summed E-state index contributed by atoms with van der Waals surface area (Å²) in [5.41, 5.74) is 1.15. The van der Waals surface area contributed by atoms with Gasteiger partial charge in [0.25, 0.3) is 0 Å². The molecule has 1 unspecified atom stereocenters. The molecule has 2 nitrogen and oxygen atoms in total. The zero-order valence-electron chi connectivity index (χ0n) is 8.08. The zero-order valence-corrected chi connectivity index (χ0v) is 8.08. The fourth-order valence-electron chi connectivity index (χ4n) is 1.40. The molecular formula is C11H15NO. The highest BCUT2D eigenvalue weighted by Gasteiger charge is 2.14. The molecule has 0 aliphatic rings. The minimum absolute atomic E-state index is 0.103. The van der Waals surface area contributed by atoms with Gasteiger partial charge < -0.3 is 4.74 Å². The number of nitrogens with one attached hydrogen (secondary N) is 1. The first kappa shape index (κ1) is 9.78. The highest BCUT2D eigenvalue weighted by Crippen LogP contribution is 2.20. The lowest BCUT2D eigenvalue weighted by atomic mass is 9.96. The first-order valence-electron chi connectivity index (χ1n) is 4.47. The Morgan fingerprint density at radius 2 is 2.00 bits per heavy atom. The summed E-state index contributed by atoms with van der Waals surface area (Å²) in [5, 5.41) is 7.61. The molecule has 0 aromatic heterocycles. The van der Waals surface area contributed by atoms with Gasteiger partial charge in [0, 0.05) is 0 Å². The molecule has 2 heteroatoms. The second-order valence-corrected chi connectivity index (χ2v) is 2.94. The van der Waals surface area contributed by atoms with Crippen molar-refractivity contribution in [3.63, 3.8) is 0 Å². The van der Waals surface area contributed by atoms with Gasteiger partial charge in [-0.3, -0.25) is 5.41 Å². The van der Waals surface area contributed by atoms with Gasteiger partial charge in [-0.1, -0.05) is 37.3 Å². The Labute approximate surface area is 79.1 Å². The van der Waals surface area contributed by atoms with Crippen molar-refractivity contribution in [3.05, 3.63) is 35.9 Å². The van der Waals surface area contributed by atoms with Crippen molar-refractivity contribution in [1.82, 2.24) is 0 Å². The molecule has 0 saturated heterocycles. The van der Waals surface area contributed by atoms with E-state index in [1.807, 2.05) is 30.3 Å². The molecular weight excluding hydrogens is 162 g/mol. The fraction of sp³-hybridized carbons (Fsp3) is 0.364. The molecule has 13 heavy (non-hydrogen) atoms. The molecule has 0 spiro atoms. The lowest BCUT2D eigenvalue weighted by Crippen LogP contribution is -2.12. The van der Waals surface area contributed by atoms with Crippen molar-refractivity contribution in [3.8, 4) is 0 Å². The molecule has 1 aromatic carbocycles. The number of methoxy groups -OCH3 is 1. The SMILES string of the molecule is CCC(C(=N)OC)c1ccccc1. The predicted octanol–water partition coefficient (Wildman–Crippen LogP) is 2.80. The lowest BCUT2D eigenvalue weighted by Gasteiger charge is -2.14. The maximum Gasteiger partial charge on any atom is 0.187 e. The molecule has 70 valence electrons. The number of ether oxygens (including phenoxy) is 1. The summed E-state index contributed by atoms with van der Waals surface area (Å²) < 4.78 is 4.94. The molecule has 0 aliphatic carbocycles. The first-order valence-corrected chi connectivity index (χ1v) is 4.47. The van der Waals surface area contributed by atoms with E-state index in [2.05, 4.69) is 6.92 Å². The van der Waals surface area contributed by atoms with Crippen LogP contribution >= 0.6 is 0 Å². The predicted molar refractivity (Wildman–Crippen MR) is 54.2 cm³/mol. The van der Waals surface area contributed by atoms with Gasteiger partial charge in [0.2, 0.25) is 0 Å². The first-order chi connectivity index (χ1) is 6.29. The maximum absolute atomic E-state index is 7.61. The molecule has 0 amide bonds. The van der Waals surface area contributed by atoms with Crippen LogP contribution in [0.1, 0.15) is 24.8 Å². The van der Waals surface area contributed by atoms with Crippen molar-refractivity contribution in [2.45, 2.75) is 19.3 Å². The van der Waals surface area contributed by atoms with Gasteiger partial charge in [0.1, 0.15) is 0 Å². The third-order valence-corrected chi connectivity index (χ3v) is 2.15.